The summed E-state index contributed by atoms with van der Waals surface area (Å²) in [6.45, 7) is 6.69. The molecule has 2 rings (SSSR count). The van der Waals surface area contributed by atoms with Gasteiger partial charge in [0.25, 0.3) is 0 Å². The van der Waals surface area contributed by atoms with E-state index in [1.165, 1.54) is 32.5 Å². The van der Waals surface area contributed by atoms with Gasteiger partial charge in [-0.3, -0.25) is 0 Å². The maximum atomic E-state index is 9.04. The maximum Gasteiger partial charge on any atom is 0.248 e. The van der Waals surface area contributed by atoms with E-state index in [1.54, 1.807) is 0 Å². The summed E-state index contributed by atoms with van der Waals surface area (Å²) in [5.41, 5.74) is 0.0660. The zero-order chi connectivity index (χ0) is 18.6. The lowest BCUT2D eigenvalue weighted by atomic mass is 9.98. The second-order valence-corrected chi connectivity index (χ2v) is 5.64. The molecule has 0 amide bonds. The fourth-order valence-electron chi connectivity index (χ4n) is 2.54. The Hall–Kier alpha value is -2.99. The Morgan fingerprint density at radius 1 is 1.42 bits per heavy atom. The van der Waals surface area contributed by atoms with Crippen LogP contribution >= 0.6 is 0 Å². The maximum absolute atomic E-state index is 9.04. The van der Waals surface area contributed by atoms with Crippen LogP contribution in [0.25, 0.3) is 0 Å². The molecule has 138 valence electrons. The van der Waals surface area contributed by atoms with E-state index in [2.05, 4.69) is 42.5 Å². The Labute approximate surface area is 153 Å². The summed E-state index contributed by atoms with van der Waals surface area (Å²) in [5, 5.41) is 18.8. The molecule has 0 bridgehead atoms. The Kier molecular flexibility index (Phi) is 8.02. The zero-order valence-corrected chi connectivity index (χ0v) is 14.9. The molecule has 0 radical (unpaired) electrons. The summed E-state index contributed by atoms with van der Waals surface area (Å²) in [4.78, 5) is 16.4. The predicted octanol–water partition coefficient (Wildman–Crippen LogP) is 1.41. The summed E-state index contributed by atoms with van der Waals surface area (Å²) in [6.07, 6.45) is 5.11. The van der Waals surface area contributed by atoms with Gasteiger partial charge in [-0.05, 0) is 31.8 Å². The van der Waals surface area contributed by atoms with E-state index in [0.717, 1.165) is 25.5 Å². The van der Waals surface area contributed by atoms with Gasteiger partial charge < -0.3 is 20.7 Å². The lowest BCUT2D eigenvalue weighted by Gasteiger charge is -2.22. The number of anilines is 2. The van der Waals surface area contributed by atoms with Crippen molar-refractivity contribution in [1.82, 2.24) is 15.3 Å². The first-order valence-electron chi connectivity index (χ1n) is 8.45. The van der Waals surface area contributed by atoms with E-state index in [4.69, 9.17) is 10.00 Å². The number of piperidine rings is 1. The summed E-state index contributed by atoms with van der Waals surface area (Å²) in [5.74, 6) is 2.19. The smallest absolute Gasteiger partial charge is 0.248 e. The number of methoxy groups -OCH3 is 1. The van der Waals surface area contributed by atoms with Gasteiger partial charge in [0.15, 0.2) is 0 Å². The molecule has 1 aromatic rings. The number of ether oxygens (including phenoxy) is 1. The third kappa shape index (κ3) is 6.14. The summed E-state index contributed by atoms with van der Waals surface area (Å²) < 4.78 is 5.08. The van der Waals surface area contributed by atoms with Crippen LogP contribution in [-0.4, -0.2) is 55.0 Å². The number of nitrogens with one attached hydrogen (secondary N) is 3. The summed E-state index contributed by atoms with van der Waals surface area (Å²) in [6, 6.07) is 3.74. The highest BCUT2D eigenvalue weighted by molar-refractivity contribution is 6.45. The van der Waals surface area contributed by atoms with Crippen LogP contribution in [0.1, 0.15) is 12.8 Å². The third-order valence-electron chi connectivity index (χ3n) is 3.90. The monoisotopic (exact) mass is 356 g/mol. The first-order chi connectivity index (χ1) is 12.8. The number of nitriles is 1. The van der Waals surface area contributed by atoms with Gasteiger partial charge in [0.2, 0.25) is 11.6 Å². The van der Waals surface area contributed by atoms with Gasteiger partial charge in [0, 0.05) is 18.8 Å². The predicted molar refractivity (Wildman–Crippen MR) is 102 cm³/mol. The average Bonchev–Trinajstić information content (AvgIpc) is 2.69. The molecule has 0 spiro atoms. The van der Waals surface area contributed by atoms with Crippen LogP contribution in [0.15, 0.2) is 35.2 Å². The third-order valence-corrected chi connectivity index (χ3v) is 3.90. The molecular weight excluding hydrogens is 332 g/mol. The van der Waals surface area contributed by atoms with Crippen molar-refractivity contribution in [3.8, 4) is 6.07 Å². The molecule has 0 saturated carbocycles. The lowest BCUT2D eigenvalue weighted by Crippen LogP contribution is -2.31. The molecule has 1 aliphatic rings. The molecule has 0 aromatic carbocycles. The fraction of sp³-hybridized carbons (Fsp3) is 0.471. The normalized spacial score (nSPS) is 15.8. The van der Waals surface area contributed by atoms with Gasteiger partial charge in [-0.25, -0.2) is 20.0 Å². The van der Waals surface area contributed by atoms with Gasteiger partial charge in [-0.2, -0.15) is 5.26 Å². The standard InChI is InChI=1S/C17H24N8O/c1-3-20-14(9-18)17(26-2)25-12-24-16-8-15(22-11-23-16)21-10-13-4-6-19-7-5-13/h3,8,11,13,19H,1,4-7,10,12H2,2H3,(H2,21,22,23,24). The quantitative estimate of drug-likeness (QED) is 0.476. The molecule has 0 aliphatic carbocycles. The van der Waals surface area contributed by atoms with Crippen molar-refractivity contribution in [2.24, 2.45) is 15.9 Å². The van der Waals surface area contributed by atoms with Crippen LogP contribution in [0.3, 0.4) is 0 Å². The minimum absolute atomic E-state index is 0.0660. The van der Waals surface area contributed by atoms with Crippen molar-refractivity contribution in [3.05, 3.63) is 25.2 Å². The molecular formula is C17H24N8O. The average molecular weight is 356 g/mol. The number of aromatic nitrogens is 2. The van der Waals surface area contributed by atoms with E-state index in [9.17, 15) is 0 Å². The van der Waals surface area contributed by atoms with E-state index in [1.807, 2.05) is 12.1 Å². The molecule has 9 heteroatoms. The number of hydrogen-bond acceptors (Lipinski definition) is 9. The number of rotatable bonds is 8. The van der Waals surface area contributed by atoms with Gasteiger partial charge in [-0.15, -0.1) is 0 Å². The van der Waals surface area contributed by atoms with Gasteiger partial charge in [0.1, 0.15) is 30.7 Å². The second-order valence-electron chi connectivity index (χ2n) is 5.64. The minimum Gasteiger partial charge on any atom is -0.479 e. The fourth-order valence-corrected chi connectivity index (χ4v) is 2.54. The largest absolute Gasteiger partial charge is 0.479 e. The Bertz CT molecular complexity index is 688. The molecule has 9 nitrogen and oxygen atoms in total. The molecule has 0 atom stereocenters. The number of nitrogens with zero attached hydrogens (tertiary/aromatic N) is 5. The molecule has 1 aromatic heterocycles. The minimum atomic E-state index is 0.0660. The van der Waals surface area contributed by atoms with Crippen LogP contribution in [0.5, 0.6) is 0 Å². The molecule has 1 saturated heterocycles. The molecule has 26 heavy (non-hydrogen) atoms. The highest BCUT2D eigenvalue weighted by Gasteiger charge is 2.12. The van der Waals surface area contributed by atoms with Crippen molar-refractivity contribution in [3.63, 3.8) is 0 Å². The van der Waals surface area contributed by atoms with Crippen molar-refractivity contribution in [2.75, 3.05) is 44.0 Å². The van der Waals surface area contributed by atoms with E-state index in [-0.39, 0.29) is 18.3 Å². The second kappa shape index (κ2) is 10.8. The van der Waals surface area contributed by atoms with Crippen molar-refractivity contribution in [2.45, 2.75) is 12.8 Å². The Balaban J connectivity index is 1.89. The number of hydrogen-bond donors (Lipinski definition) is 3. The first-order valence-corrected chi connectivity index (χ1v) is 8.45. The van der Waals surface area contributed by atoms with Crippen molar-refractivity contribution in [1.29, 1.82) is 5.26 Å². The van der Waals surface area contributed by atoms with E-state index < -0.39 is 0 Å². The first kappa shape index (κ1) is 19.3. The summed E-state index contributed by atoms with van der Waals surface area (Å²) in [7, 11) is 1.43. The van der Waals surface area contributed by atoms with Crippen LogP contribution in [-0.2, 0) is 4.74 Å². The van der Waals surface area contributed by atoms with Gasteiger partial charge >= 0.3 is 0 Å². The highest BCUT2D eigenvalue weighted by Crippen LogP contribution is 2.14. The highest BCUT2D eigenvalue weighted by atomic mass is 16.5. The SMILES string of the molecule is C=CN=C(C#N)C(=NCNc1cc(NCC2CCNCC2)ncn1)OC. The van der Waals surface area contributed by atoms with Crippen LogP contribution in [0.2, 0.25) is 0 Å². The van der Waals surface area contributed by atoms with Crippen LogP contribution < -0.4 is 16.0 Å². The topological polar surface area (TPSA) is 120 Å². The van der Waals surface area contributed by atoms with E-state index in [0.29, 0.717) is 11.7 Å². The van der Waals surface area contributed by atoms with Crippen molar-refractivity contribution >= 4 is 23.2 Å². The van der Waals surface area contributed by atoms with Crippen LogP contribution in [0.4, 0.5) is 11.6 Å². The van der Waals surface area contributed by atoms with E-state index >= 15 is 0 Å². The molecule has 1 aliphatic heterocycles. The Morgan fingerprint density at radius 3 is 2.81 bits per heavy atom. The van der Waals surface area contributed by atoms with Gasteiger partial charge in [0.05, 0.1) is 7.11 Å². The number of aliphatic imine (C=N–C) groups is 2. The van der Waals surface area contributed by atoms with Crippen molar-refractivity contribution < 1.29 is 4.74 Å². The molecule has 2 heterocycles. The van der Waals surface area contributed by atoms with Gasteiger partial charge in [-0.1, -0.05) is 6.58 Å². The zero-order valence-electron chi connectivity index (χ0n) is 14.9. The molecule has 0 unspecified atom stereocenters. The van der Waals surface area contributed by atoms with Crippen LogP contribution in [0, 0.1) is 17.2 Å². The lowest BCUT2D eigenvalue weighted by molar-refractivity contribution is 0.389. The molecule has 1 fully saturated rings. The Morgan fingerprint density at radius 2 is 2.15 bits per heavy atom. The summed E-state index contributed by atoms with van der Waals surface area (Å²) >= 11 is 0. The molecule has 3 N–H and O–H groups in total.